The molecule has 0 bridgehead atoms. The maximum atomic E-state index is 6.51. The first-order valence-electron chi connectivity index (χ1n) is 7.87. The van der Waals surface area contributed by atoms with Crippen LogP contribution in [0.5, 0.6) is 0 Å². The summed E-state index contributed by atoms with van der Waals surface area (Å²) in [6, 6.07) is 0.245. The summed E-state index contributed by atoms with van der Waals surface area (Å²) < 4.78 is 6.15. The van der Waals surface area contributed by atoms with Gasteiger partial charge in [-0.25, -0.2) is 0 Å². The minimum atomic E-state index is -0.0147. The van der Waals surface area contributed by atoms with Crippen molar-refractivity contribution in [2.75, 3.05) is 6.61 Å². The lowest BCUT2D eigenvalue weighted by atomic mass is 9.68. The fraction of sp³-hybridized carbons (Fsp3) is 1.00. The summed E-state index contributed by atoms with van der Waals surface area (Å²) in [5, 5.41) is 0. The Labute approximate surface area is 113 Å². The summed E-state index contributed by atoms with van der Waals surface area (Å²) in [4.78, 5) is 0. The van der Waals surface area contributed by atoms with Crippen molar-refractivity contribution in [1.29, 1.82) is 0 Å². The Kier molecular flexibility index (Phi) is 4.38. The largest absolute Gasteiger partial charge is 0.374 e. The Morgan fingerprint density at radius 2 is 1.78 bits per heavy atom. The van der Waals surface area contributed by atoms with Gasteiger partial charge in [-0.1, -0.05) is 26.7 Å². The van der Waals surface area contributed by atoms with E-state index >= 15 is 0 Å². The van der Waals surface area contributed by atoms with Crippen molar-refractivity contribution >= 4 is 0 Å². The first-order chi connectivity index (χ1) is 8.47. The van der Waals surface area contributed by atoms with Crippen molar-refractivity contribution in [2.45, 2.75) is 83.8 Å². The molecule has 1 unspecified atom stereocenters. The summed E-state index contributed by atoms with van der Waals surface area (Å²) in [5.41, 5.74) is 6.98. The van der Waals surface area contributed by atoms with Crippen molar-refractivity contribution in [3.05, 3.63) is 0 Å². The van der Waals surface area contributed by atoms with Gasteiger partial charge in [0.2, 0.25) is 0 Å². The number of rotatable bonds is 6. The molecular formula is C16H31NO. The SMILES string of the molecule is CCOC1(C(N)CCC2CC2)CCC(C)(C)CC1. The van der Waals surface area contributed by atoms with E-state index in [2.05, 4.69) is 20.8 Å². The van der Waals surface area contributed by atoms with Crippen molar-refractivity contribution in [3.8, 4) is 0 Å². The molecule has 1 atom stereocenters. The maximum Gasteiger partial charge on any atom is 0.0832 e. The van der Waals surface area contributed by atoms with Crippen molar-refractivity contribution in [2.24, 2.45) is 17.1 Å². The van der Waals surface area contributed by atoms with Gasteiger partial charge in [0.15, 0.2) is 0 Å². The Hall–Kier alpha value is -0.0800. The van der Waals surface area contributed by atoms with Gasteiger partial charge in [0.1, 0.15) is 0 Å². The standard InChI is InChI=1S/C16H31NO/c1-4-18-16(11-9-15(2,3)10-12-16)14(17)8-7-13-5-6-13/h13-14H,4-12,17H2,1-3H3. The van der Waals surface area contributed by atoms with E-state index in [1.165, 1.54) is 32.1 Å². The van der Waals surface area contributed by atoms with Crippen LogP contribution in [0.25, 0.3) is 0 Å². The molecule has 0 spiro atoms. The highest BCUT2D eigenvalue weighted by molar-refractivity contribution is 4.98. The van der Waals surface area contributed by atoms with Crippen LogP contribution < -0.4 is 5.73 Å². The van der Waals surface area contributed by atoms with Crippen LogP contribution in [0, 0.1) is 11.3 Å². The third-order valence-electron chi connectivity index (χ3n) is 5.14. The van der Waals surface area contributed by atoms with E-state index in [1.54, 1.807) is 0 Å². The van der Waals surface area contributed by atoms with Gasteiger partial charge in [-0.15, -0.1) is 0 Å². The van der Waals surface area contributed by atoms with Gasteiger partial charge in [-0.05, 0) is 56.8 Å². The summed E-state index contributed by atoms with van der Waals surface area (Å²) in [5.74, 6) is 0.981. The second kappa shape index (κ2) is 5.50. The monoisotopic (exact) mass is 253 g/mol. The smallest absolute Gasteiger partial charge is 0.0832 e. The quantitative estimate of drug-likeness (QED) is 0.779. The highest BCUT2D eigenvalue weighted by Crippen LogP contribution is 2.44. The Morgan fingerprint density at radius 3 is 2.28 bits per heavy atom. The zero-order valence-electron chi connectivity index (χ0n) is 12.5. The molecule has 2 nitrogen and oxygen atoms in total. The minimum Gasteiger partial charge on any atom is -0.374 e. The van der Waals surface area contributed by atoms with Gasteiger partial charge >= 0.3 is 0 Å². The first-order valence-corrected chi connectivity index (χ1v) is 7.87. The normalized spacial score (nSPS) is 28.0. The van der Waals surface area contributed by atoms with Crippen LogP contribution in [0.15, 0.2) is 0 Å². The molecule has 18 heavy (non-hydrogen) atoms. The van der Waals surface area contributed by atoms with Crippen LogP contribution in [-0.4, -0.2) is 18.2 Å². The molecule has 2 aliphatic carbocycles. The lowest BCUT2D eigenvalue weighted by Crippen LogP contribution is -2.53. The molecule has 2 heteroatoms. The lowest BCUT2D eigenvalue weighted by Gasteiger charge is -2.46. The van der Waals surface area contributed by atoms with Gasteiger partial charge in [0.05, 0.1) is 5.60 Å². The molecule has 2 saturated carbocycles. The number of hydrogen-bond donors (Lipinski definition) is 1. The lowest BCUT2D eigenvalue weighted by molar-refractivity contribution is -0.101. The molecule has 0 aromatic rings. The zero-order valence-corrected chi connectivity index (χ0v) is 12.5. The number of ether oxygens (including phenoxy) is 1. The van der Waals surface area contributed by atoms with Gasteiger partial charge < -0.3 is 10.5 Å². The Balaban J connectivity index is 1.92. The molecule has 0 aliphatic heterocycles. The molecule has 2 rings (SSSR count). The molecule has 0 saturated heterocycles. The average molecular weight is 253 g/mol. The van der Waals surface area contributed by atoms with E-state index in [9.17, 15) is 0 Å². The highest BCUT2D eigenvalue weighted by atomic mass is 16.5. The van der Waals surface area contributed by atoms with Crippen LogP contribution in [0.1, 0.15) is 72.1 Å². The minimum absolute atomic E-state index is 0.0147. The third-order valence-corrected chi connectivity index (χ3v) is 5.14. The van der Waals surface area contributed by atoms with Crippen molar-refractivity contribution in [3.63, 3.8) is 0 Å². The van der Waals surface area contributed by atoms with Crippen molar-refractivity contribution in [1.82, 2.24) is 0 Å². The van der Waals surface area contributed by atoms with Crippen molar-refractivity contribution < 1.29 is 4.74 Å². The summed E-state index contributed by atoms with van der Waals surface area (Å²) in [6.45, 7) is 7.66. The molecule has 0 aromatic carbocycles. The summed E-state index contributed by atoms with van der Waals surface area (Å²) in [7, 11) is 0. The second-order valence-corrected chi connectivity index (χ2v) is 7.29. The molecule has 2 N–H and O–H groups in total. The molecule has 0 amide bonds. The molecular weight excluding hydrogens is 222 g/mol. The zero-order chi connectivity index (χ0) is 13.2. The van der Waals surface area contributed by atoms with Gasteiger partial charge in [0, 0.05) is 12.6 Å². The first kappa shape index (κ1) is 14.3. The maximum absolute atomic E-state index is 6.51. The van der Waals surface area contributed by atoms with E-state index in [0.717, 1.165) is 31.8 Å². The summed E-state index contributed by atoms with van der Waals surface area (Å²) >= 11 is 0. The third kappa shape index (κ3) is 3.48. The van der Waals surface area contributed by atoms with Gasteiger partial charge in [-0.2, -0.15) is 0 Å². The molecule has 2 fully saturated rings. The van der Waals surface area contributed by atoms with Crippen LogP contribution in [0.3, 0.4) is 0 Å². The van der Waals surface area contributed by atoms with Crippen LogP contribution in [0.4, 0.5) is 0 Å². The predicted molar refractivity (Wildman–Crippen MR) is 76.5 cm³/mol. The van der Waals surface area contributed by atoms with Crippen LogP contribution >= 0.6 is 0 Å². The highest BCUT2D eigenvalue weighted by Gasteiger charge is 2.43. The molecule has 2 aliphatic rings. The van der Waals surface area contributed by atoms with E-state index in [1.807, 2.05) is 0 Å². The number of hydrogen-bond acceptors (Lipinski definition) is 2. The predicted octanol–water partition coefficient (Wildman–Crippen LogP) is 3.88. The topological polar surface area (TPSA) is 35.2 Å². The Bertz CT molecular complexity index is 260. The average Bonchev–Trinajstić information content (AvgIpc) is 3.13. The second-order valence-electron chi connectivity index (χ2n) is 7.29. The molecule has 0 aromatic heterocycles. The van der Waals surface area contributed by atoms with Gasteiger partial charge in [0.25, 0.3) is 0 Å². The van der Waals surface area contributed by atoms with E-state index < -0.39 is 0 Å². The fourth-order valence-corrected chi connectivity index (χ4v) is 3.34. The molecule has 0 radical (unpaired) electrons. The van der Waals surface area contributed by atoms with E-state index in [0.29, 0.717) is 5.41 Å². The molecule has 0 heterocycles. The van der Waals surface area contributed by atoms with E-state index in [4.69, 9.17) is 10.5 Å². The van der Waals surface area contributed by atoms with Gasteiger partial charge in [-0.3, -0.25) is 0 Å². The summed E-state index contributed by atoms with van der Waals surface area (Å²) in [6.07, 6.45) is 10.2. The van der Waals surface area contributed by atoms with E-state index in [-0.39, 0.29) is 11.6 Å². The Morgan fingerprint density at radius 1 is 1.17 bits per heavy atom. The fourth-order valence-electron chi connectivity index (χ4n) is 3.34. The van der Waals surface area contributed by atoms with Crippen LogP contribution in [0.2, 0.25) is 0 Å². The van der Waals surface area contributed by atoms with Crippen LogP contribution in [-0.2, 0) is 4.74 Å². The molecule has 106 valence electrons. The number of nitrogens with two attached hydrogens (primary N) is 1.